The van der Waals surface area contributed by atoms with Crippen LogP contribution in [0.2, 0.25) is 0 Å². The molecule has 21 heavy (non-hydrogen) atoms. The predicted octanol–water partition coefficient (Wildman–Crippen LogP) is 1.95. The van der Waals surface area contributed by atoms with E-state index in [9.17, 15) is 4.79 Å². The lowest BCUT2D eigenvalue weighted by Crippen LogP contribution is -2.36. The van der Waals surface area contributed by atoms with Gasteiger partial charge in [0, 0.05) is 18.7 Å². The summed E-state index contributed by atoms with van der Waals surface area (Å²) >= 11 is 0. The van der Waals surface area contributed by atoms with Gasteiger partial charge in [0.2, 0.25) is 5.91 Å². The smallest absolute Gasteiger partial charge is 0.236 e. The number of anilines is 2. The van der Waals surface area contributed by atoms with Gasteiger partial charge in [0.15, 0.2) is 0 Å². The lowest BCUT2D eigenvalue weighted by molar-refractivity contribution is -0.116. The van der Waals surface area contributed by atoms with Gasteiger partial charge >= 0.3 is 0 Å². The first-order valence-corrected chi connectivity index (χ1v) is 7.74. The van der Waals surface area contributed by atoms with Crippen molar-refractivity contribution in [3.8, 4) is 0 Å². The first kappa shape index (κ1) is 17.2. The number of unbranched alkanes of at least 4 members (excludes halogenated alkanes) is 1. The molecule has 1 amide bonds. The monoisotopic (exact) mass is 293 g/mol. The standard InChI is InChI=1S/C15H27N5O/c1-4-7-9-20(10-13(16)21)15-12(6-3)14(17-8-5-2)18-11-19-15/h11H,4-10H2,1-3H3,(H2,16,21)(H,17,18,19). The highest BCUT2D eigenvalue weighted by Crippen LogP contribution is 2.24. The zero-order valence-corrected chi connectivity index (χ0v) is 13.4. The average Bonchev–Trinajstić information content (AvgIpc) is 2.48. The predicted molar refractivity (Wildman–Crippen MR) is 86.5 cm³/mol. The molecular weight excluding hydrogens is 266 g/mol. The largest absolute Gasteiger partial charge is 0.370 e. The summed E-state index contributed by atoms with van der Waals surface area (Å²) in [5.74, 6) is 1.34. The fourth-order valence-electron chi connectivity index (χ4n) is 2.19. The molecule has 1 aromatic heterocycles. The number of carbonyl (C=O) groups is 1. The maximum absolute atomic E-state index is 11.3. The average molecular weight is 293 g/mol. The van der Waals surface area contributed by atoms with Crippen LogP contribution in [0.15, 0.2) is 6.33 Å². The van der Waals surface area contributed by atoms with Crippen LogP contribution in [0.5, 0.6) is 0 Å². The van der Waals surface area contributed by atoms with Gasteiger partial charge in [-0.05, 0) is 19.3 Å². The SMILES string of the molecule is CCCCN(CC(N)=O)c1ncnc(NCCC)c1CC. The van der Waals surface area contributed by atoms with Crippen molar-refractivity contribution >= 4 is 17.5 Å². The summed E-state index contributed by atoms with van der Waals surface area (Å²) in [5.41, 5.74) is 6.42. The molecule has 0 aliphatic heterocycles. The van der Waals surface area contributed by atoms with Gasteiger partial charge in [-0.3, -0.25) is 4.79 Å². The molecular formula is C15H27N5O. The van der Waals surface area contributed by atoms with Crippen LogP contribution in [0.1, 0.15) is 45.6 Å². The number of nitrogens with one attached hydrogen (secondary N) is 1. The molecule has 0 saturated carbocycles. The van der Waals surface area contributed by atoms with E-state index in [-0.39, 0.29) is 12.5 Å². The van der Waals surface area contributed by atoms with E-state index in [1.54, 1.807) is 6.33 Å². The third-order valence-corrected chi connectivity index (χ3v) is 3.25. The fourth-order valence-corrected chi connectivity index (χ4v) is 2.19. The Balaban J connectivity index is 3.07. The Kier molecular flexibility index (Phi) is 7.50. The Bertz CT molecular complexity index is 450. The third-order valence-electron chi connectivity index (χ3n) is 3.25. The minimum Gasteiger partial charge on any atom is -0.370 e. The zero-order valence-electron chi connectivity index (χ0n) is 13.4. The second kappa shape index (κ2) is 9.15. The lowest BCUT2D eigenvalue weighted by atomic mass is 10.2. The van der Waals surface area contributed by atoms with Gasteiger partial charge in [-0.15, -0.1) is 0 Å². The molecule has 1 aromatic rings. The number of aromatic nitrogens is 2. The summed E-state index contributed by atoms with van der Waals surface area (Å²) in [7, 11) is 0. The van der Waals surface area contributed by atoms with Gasteiger partial charge in [0.25, 0.3) is 0 Å². The lowest BCUT2D eigenvalue weighted by Gasteiger charge is -2.25. The number of amides is 1. The molecule has 0 aliphatic carbocycles. The molecule has 1 heterocycles. The molecule has 0 aromatic carbocycles. The van der Waals surface area contributed by atoms with Crippen molar-refractivity contribution in [3.63, 3.8) is 0 Å². The van der Waals surface area contributed by atoms with Gasteiger partial charge in [-0.1, -0.05) is 27.2 Å². The molecule has 0 fully saturated rings. The van der Waals surface area contributed by atoms with Crippen molar-refractivity contribution in [1.29, 1.82) is 0 Å². The molecule has 0 atom stereocenters. The van der Waals surface area contributed by atoms with Crippen LogP contribution in [0.25, 0.3) is 0 Å². The summed E-state index contributed by atoms with van der Waals surface area (Å²) in [5, 5.41) is 3.32. The topological polar surface area (TPSA) is 84.1 Å². The van der Waals surface area contributed by atoms with Crippen molar-refractivity contribution < 1.29 is 4.79 Å². The Morgan fingerprint density at radius 3 is 2.62 bits per heavy atom. The molecule has 0 radical (unpaired) electrons. The Labute approximate surface area is 127 Å². The number of primary amides is 1. The van der Waals surface area contributed by atoms with E-state index in [0.717, 1.165) is 56.0 Å². The first-order chi connectivity index (χ1) is 10.1. The van der Waals surface area contributed by atoms with Gasteiger partial charge in [0.05, 0.1) is 6.54 Å². The van der Waals surface area contributed by atoms with E-state index in [1.807, 2.05) is 4.90 Å². The van der Waals surface area contributed by atoms with Gasteiger partial charge in [0.1, 0.15) is 18.0 Å². The minimum absolute atomic E-state index is 0.192. The summed E-state index contributed by atoms with van der Waals surface area (Å²) < 4.78 is 0. The molecule has 0 saturated heterocycles. The van der Waals surface area contributed by atoms with Crippen LogP contribution in [0.3, 0.4) is 0 Å². The maximum atomic E-state index is 11.3. The molecule has 0 aliphatic rings. The quantitative estimate of drug-likeness (QED) is 0.689. The van der Waals surface area contributed by atoms with E-state index in [2.05, 4.69) is 36.1 Å². The second-order valence-corrected chi connectivity index (χ2v) is 5.05. The molecule has 6 nitrogen and oxygen atoms in total. The molecule has 0 spiro atoms. The van der Waals surface area contributed by atoms with E-state index in [4.69, 9.17) is 5.73 Å². The normalized spacial score (nSPS) is 10.4. The van der Waals surface area contributed by atoms with Crippen molar-refractivity contribution in [1.82, 2.24) is 9.97 Å². The van der Waals surface area contributed by atoms with Crippen LogP contribution in [0, 0.1) is 0 Å². The Hall–Kier alpha value is -1.85. The van der Waals surface area contributed by atoms with E-state index >= 15 is 0 Å². The van der Waals surface area contributed by atoms with E-state index in [1.165, 1.54) is 0 Å². The van der Waals surface area contributed by atoms with Crippen molar-refractivity contribution in [2.45, 2.75) is 46.5 Å². The highest BCUT2D eigenvalue weighted by Gasteiger charge is 2.17. The number of nitrogens with zero attached hydrogens (tertiary/aromatic N) is 3. The second-order valence-electron chi connectivity index (χ2n) is 5.05. The van der Waals surface area contributed by atoms with Crippen molar-refractivity contribution in [2.24, 2.45) is 5.73 Å². The van der Waals surface area contributed by atoms with Crippen LogP contribution < -0.4 is 16.0 Å². The van der Waals surface area contributed by atoms with Crippen molar-refractivity contribution in [3.05, 3.63) is 11.9 Å². The summed E-state index contributed by atoms with van der Waals surface area (Å²) in [6, 6.07) is 0. The third kappa shape index (κ3) is 5.21. The minimum atomic E-state index is -0.338. The van der Waals surface area contributed by atoms with E-state index in [0.29, 0.717) is 0 Å². The highest BCUT2D eigenvalue weighted by atomic mass is 16.1. The van der Waals surface area contributed by atoms with Crippen molar-refractivity contribution in [2.75, 3.05) is 29.9 Å². The molecule has 0 unspecified atom stereocenters. The zero-order chi connectivity index (χ0) is 15.7. The molecule has 1 rings (SSSR count). The number of nitrogens with two attached hydrogens (primary N) is 1. The van der Waals surface area contributed by atoms with Gasteiger partial charge < -0.3 is 16.0 Å². The number of hydrogen-bond acceptors (Lipinski definition) is 5. The summed E-state index contributed by atoms with van der Waals surface area (Å²) in [4.78, 5) is 22.0. The molecule has 3 N–H and O–H groups in total. The summed E-state index contributed by atoms with van der Waals surface area (Å²) in [6.07, 6.45) is 5.44. The number of hydrogen-bond donors (Lipinski definition) is 2. The number of carbonyl (C=O) groups excluding carboxylic acids is 1. The van der Waals surface area contributed by atoms with Crippen LogP contribution >= 0.6 is 0 Å². The maximum Gasteiger partial charge on any atom is 0.236 e. The number of rotatable bonds is 10. The summed E-state index contributed by atoms with van der Waals surface area (Å²) in [6.45, 7) is 8.14. The first-order valence-electron chi connectivity index (χ1n) is 7.74. The van der Waals surface area contributed by atoms with Crippen LogP contribution in [-0.2, 0) is 11.2 Å². The molecule has 6 heteroatoms. The van der Waals surface area contributed by atoms with Crippen LogP contribution in [0.4, 0.5) is 11.6 Å². The van der Waals surface area contributed by atoms with E-state index < -0.39 is 0 Å². The molecule has 0 bridgehead atoms. The van der Waals surface area contributed by atoms with Gasteiger partial charge in [-0.25, -0.2) is 9.97 Å². The van der Waals surface area contributed by atoms with Crippen LogP contribution in [-0.4, -0.2) is 35.5 Å². The highest BCUT2D eigenvalue weighted by molar-refractivity contribution is 5.79. The Morgan fingerprint density at radius 1 is 1.29 bits per heavy atom. The Morgan fingerprint density at radius 2 is 2.05 bits per heavy atom. The van der Waals surface area contributed by atoms with Gasteiger partial charge in [-0.2, -0.15) is 0 Å². The fraction of sp³-hybridized carbons (Fsp3) is 0.667. The molecule has 118 valence electrons.